The molecular weight excluding hydrogens is 418 g/mol. The molecule has 2 heterocycles. The summed E-state index contributed by atoms with van der Waals surface area (Å²) in [6.07, 6.45) is 3.92. The number of aryl methyl sites for hydroxylation is 2. The van der Waals surface area contributed by atoms with E-state index < -0.39 is 0 Å². The number of furan rings is 1. The van der Waals surface area contributed by atoms with E-state index in [1.807, 2.05) is 37.3 Å². The molecule has 2 amide bonds. The fraction of sp³-hybridized carbons (Fsp3) is 0.192. The van der Waals surface area contributed by atoms with Gasteiger partial charge in [-0.05, 0) is 36.8 Å². The number of benzene rings is 2. The quantitative estimate of drug-likeness (QED) is 0.399. The molecule has 0 atom stereocenters. The van der Waals surface area contributed by atoms with Gasteiger partial charge in [0.25, 0.3) is 5.91 Å². The highest BCUT2D eigenvalue weighted by molar-refractivity contribution is 5.94. The Hall–Kier alpha value is -4.13. The van der Waals surface area contributed by atoms with Gasteiger partial charge in [-0.3, -0.25) is 9.59 Å². The Bertz CT molecular complexity index is 1210. The number of nitrogens with zero attached hydrogens (tertiary/aromatic N) is 1. The van der Waals surface area contributed by atoms with Gasteiger partial charge < -0.3 is 19.5 Å². The summed E-state index contributed by atoms with van der Waals surface area (Å²) in [7, 11) is 0. The van der Waals surface area contributed by atoms with Crippen LogP contribution in [0.1, 0.15) is 39.6 Å². The third-order valence-electron chi connectivity index (χ3n) is 5.14. The molecule has 33 heavy (non-hydrogen) atoms. The van der Waals surface area contributed by atoms with Gasteiger partial charge in [0.05, 0.1) is 19.0 Å². The molecule has 2 aromatic carbocycles. The van der Waals surface area contributed by atoms with Crippen LogP contribution in [-0.4, -0.2) is 16.8 Å². The molecule has 0 saturated carbocycles. The van der Waals surface area contributed by atoms with E-state index >= 15 is 0 Å². The van der Waals surface area contributed by atoms with Gasteiger partial charge in [0.2, 0.25) is 5.91 Å². The molecule has 0 aliphatic heterocycles. The van der Waals surface area contributed by atoms with Crippen LogP contribution in [0.5, 0.6) is 0 Å². The van der Waals surface area contributed by atoms with Crippen LogP contribution in [0.2, 0.25) is 0 Å². The molecule has 4 rings (SSSR count). The van der Waals surface area contributed by atoms with Gasteiger partial charge in [0, 0.05) is 30.5 Å². The third-order valence-corrected chi connectivity index (χ3v) is 5.14. The zero-order chi connectivity index (χ0) is 23.0. The summed E-state index contributed by atoms with van der Waals surface area (Å²) in [5.41, 5.74) is 3.50. The number of hydrogen-bond donors (Lipinski definition) is 2. The van der Waals surface area contributed by atoms with E-state index in [0.29, 0.717) is 42.5 Å². The van der Waals surface area contributed by atoms with Crippen LogP contribution in [-0.2, 0) is 24.3 Å². The Morgan fingerprint density at radius 1 is 0.970 bits per heavy atom. The van der Waals surface area contributed by atoms with E-state index in [2.05, 4.69) is 15.6 Å². The second-order valence-corrected chi connectivity index (χ2v) is 7.72. The van der Waals surface area contributed by atoms with Crippen molar-refractivity contribution in [1.29, 1.82) is 0 Å². The first-order valence-electron chi connectivity index (χ1n) is 10.7. The molecule has 4 aromatic rings. The van der Waals surface area contributed by atoms with E-state index in [-0.39, 0.29) is 18.2 Å². The third kappa shape index (κ3) is 6.20. The van der Waals surface area contributed by atoms with Gasteiger partial charge in [-0.15, -0.1) is 0 Å². The number of carbonyl (C=O) groups excluding carboxylic acids is 2. The molecule has 0 aliphatic carbocycles. The Balaban J connectivity index is 1.24. The summed E-state index contributed by atoms with van der Waals surface area (Å²) in [6.45, 7) is 2.68. The molecule has 7 nitrogen and oxygen atoms in total. The van der Waals surface area contributed by atoms with Crippen LogP contribution in [0, 0.1) is 6.92 Å². The molecular formula is C26H25N3O4. The normalized spacial score (nSPS) is 10.7. The van der Waals surface area contributed by atoms with Crippen LogP contribution >= 0.6 is 0 Å². The van der Waals surface area contributed by atoms with Crippen molar-refractivity contribution in [2.24, 2.45) is 0 Å². The van der Waals surface area contributed by atoms with Gasteiger partial charge in [0.15, 0.2) is 11.7 Å². The number of carbonyl (C=O) groups is 2. The first-order chi connectivity index (χ1) is 16.1. The van der Waals surface area contributed by atoms with Crippen LogP contribution in [0.3, 0.4) is 0 Å². The summed E-state index contributed by atoms with van der Waals surface area (Å²) < 4.78 is 11.0. The van der Waals surface area contributed by atoms with Crippen molar-refractivity contribution >= 4 is 11.8 Å². The zero-order valence-corrected chi connectivity index (χ0v) is 18.3. The molecule has 0 radical (unpaired) electrons. The van der Waals surface area contributed by atoms with Crippen LogP contribution in [0.4, 0.5) is 0 Å². The maximum Gasteiger partial charge on any atom is 0.251 e. The standard InChI is InChI=1S/C26H25N3O4/c1-18-7-9-20(10-8-18)23-17-28-25(33-23)12-11-24(30)27-15-19-4-2-5-21(14-19)26(31)29-16-22-6-3-13-32-22/h2-10,13-14,17H,11-12,15-16H2,1H3,(H,27,30)(H,29,31). The fourth-order valence-corrected chi connectivity index (χ4v) is 3.29. The van der Waals surface area contributed by atoms with Crippen molar-refractivity contribution in [3.8, 4) is 11.3 Å². The van der Waals surface area contributed by atoms with Crippen molar-refractivity contribution in [1.82, 2.24) is 15.6 Å². The summed E-state index contributed by atoms with van der Waals surface area (Å²) in [5.74, 6) is 1.58. The monoisotopic (exact) mass is 443 g/mol. The van der Waals surface area contributed by atoms with Gasteiger partial charge in [0.1, 0.15) is 5.76 Å². The van der Waals surface area contributed by atoms with Gasteiger partial charge in [-0.1, -0.05) is 42.0 Å². The minimum atomic E-state index is -0.201. The first kappa shape index (κ1) is 22.1. The molecule has 0 fully saturated rings. The summed E-state index contributed by atoms with van der Waals surface area (Å²) >= 11 is 0. The molecule has 0 unspecified atom stereocenters. The van der Waals surface area contributed by atoms with Gasteiger partial charge in [-0.2, -0.15) is 0 Å². The predicted molar refractivity (Wildman–Crippen MR) is 123 cm³/mol. The highest BCUT2D eigenvalue weighted by Gasteiger charge is 2.10. The lowest BCUT2D eigenvalue weighted by molar-refractivity contribution is -0.121. The second kappa shape index (κ2) is 10.5. The number of amides is 2. The average molecular weight is 444 g/mol. The van der Waals surface area contributed by atoms with E-state index in [1.54, 1.807) is 42.8 Å². The topological polar surface area (TPSA) is 97.4 Å². The van der Waals surface area contributed by atoms with E-state index in [4.69, 9.17) is 8.83 Å². The Labute approximate surface area is 191 Å². The Kier molecular flexibility index (Phi) is 6.99. The molecule has 0 saturated heterocycles. The molecule has 2 N–H and O–H groups in total. The zero-order valence-electron chi connectivity index (χ0n) is 18.3. The van der Waals surface area contributed by atoms with Crippen molar-refractivity contribution in [3.05, 3.63) is 101 Å². The van der Waals surface area contributed by atoms with Crippen molar-refractivity contribution in [2.75, 3.05) is 0 Å². The van der Waals surface area contributed by atoms with Crippen molar-refractivity contribution in [3.63, 3.8) is 0 Å². The van der Waals surface area contributed by atoms with E-state index in [9.17, 15) is 9.59 Å². The summed E-state index contributed by atoms with van der Waals surface area (Å²) in [6, 6.07) is 18.7. The minimum Gasteiger partial charge on any atom is -0.467 e. The number of aromatic nitrogens is 1. The maximum atomic E-state index is 12.4. The molecule has 0 aliphatic rings. The van der Waals surface area contributed by atoms with Gasteiger partial charge in [-0.25, -0.2) is 4.98 Å². The molecule has 7 heteroatoms. The fourth-order valence-electron chi connectivity index (χ4n) is 3.29. The molecule has 2 aromatic heterocycles. The number of nitrogens with one attached hydrogen (secondary N) is 2. The minimum absolute atomic E-state index is 0.113. The first-order valence-corrected chi connectivity index (χ1v) is 10.7. The summed E-state index contributed by atoms with van der Waals surface area (Å²) in [5, 5.41) is 5.69. The SMILES string of the molecule is Cc1ccc(-c2cnc(CCC(=O)NCc3cccc(C(=O)NCc4ccco4)c3)o2)cc1. The van der Waals surface area contributed by atoms with Crippen LogP contribution in [0.25, 0.3) is 11.3 Å². The highest BCUT2D eigenvalue weighted by atomic mass is 16.4. The predicted octanol–water partition coefficient (Wildman–Crippen LogP) is 4.42. The van der Waals surface area contributed by atoms with Gasteiger partial charge >= 0.3 is 0 Å². The second-order valence-electron chi connectivity index (χ2n) is 7.72. The average Bonchev–Trinajstić information content (AvgIpc) is 3.53. The number of oxazole rings is 1. The summed E-state index contributed by atoms with van der Waals surface area (Å²) in [4.78, 5) is 28.9. The van der Waals surface area contributed by atoms with Crippen LogP contribution < -0.4 is 10.6 Å². The van der Waals surface area contributed by atoms with Crippen molar-refractivity contribution in [2.45, 2.75) is 32.9 Å². The molecule has 0 spiro atoms. The molecule has 0 bridgehead atoms. The Morgan fingerprint density at radius 3 is 2.61 bits per heavy atom. The highest BCUT2D eigenvalue weighted by Crippen LogP contribution is 2.21. The lowest BCUT2D eigenvalue weighted by Crippen LogP contribution is -2.24. The molecule has 168 valence electrons. The Morgan fingerprint density at radius 2 is 1.82 bits per heavy atom. The van der Waals surface area contributed by atoms with Crippen molar-refractivity contribution < 1.29 is 18.4 Å². The lowest BCUT2D eigenvalue weighted by Gasteiger charge is -2.08. The lowest BCUT2D eigenvalue weighted by atomic mass is 10.1. The largest absolute Gasteiger partial charge is 0.467 e. The smallest absolute Gasteiger partial charge is 0.251 e. The number of rotatable bonds is 9. The van der Waals surface area contributed by atoms with E-state index in [1.165, 1.54) is 5.56 Å². The van der Waals surface area contributed by atoms with E-state index in [0.717, 1.165) is 11.1 Å². The van der Waals surface area contributed by atoms with Crippen LogP contribution in [0.15, 0.2) is 82.0 Å². The maximum absolute atomic E-state index is 12.4. The number of hydrogen-bond acceptors (Lipinski definition) is 5.